The molecule has 0 saturated carbocycles. The van der Waals surface area contributed by atoms with Crippen LogP contribution >= 0.6 is 0 Å². The van der Waals surface area contributed by atoms with E-state index >= 15 is 0 Å². The van der Waals surface area contributed by atoms with Gasteiger partial charge in [-0.3, -0.25) is 14.4 Å². The lowest BCUT2D eigenvalue weighted by atomic mass is 10.4. The van der Waals surface area contributed by atoms with Gasteiger partial charge in [-0.15, -0.1) is 18.9 Å². The molecule has 0 aliphatic heterocycles. The van der Waals surface area contributed by atoms with Gasteiger partial charge in [-0.1, -0.05) is 24.8 Å². The number of hydrogen-bond acceptors (Lipinski definition) is 4. The summed E-state index contributed by atoms with van der Waals surface area (Å²) in [5, 5.41) is 7.84. The SMILES string of the molecule is C=CCC(=O)O.C=CCC(=O)OC(=O)CC=C[SiH2]C. The summed E-state index contributed by atoms with van der Waals surface area (Å²) in [6.07, 6.45) is 4.82. The molecule has 0 aliphatic rings. The second-order valence-electron chi connectivity index (χ2n) is 3.31. The predicted molar refractivity (Wildman–Crippen MR) is 76.5 cm³/mol. The van der Waals surface area contributed by atoms with Crippen molar-refractivity contribution in [3.05, 3.63) is 37.1 Å². The number of carboxylic acids is 1. The molecule has 0 aromatic carbocycles. The zero-order valence-corrected chi connectivity index (χ0v) is 12.5. The average molecular weight is 284 g/mol. The van der Waals surface area contributed by atoms with Gasteiger partial charge >= 0.3 is 17.9 Å². The molecular weight excluding hydrogens is 264 g/mol. The first-order valence-corrected chi connectivity index (χ1v) is 8.03. The van der Waals surface area contributed by atoms with Crippen LogP contribution in [0.4, 0.5) is 0 Å². The van der Waals surface area contributed by atoms with Gasteiger partial charge in [-0.05, 0) is 0 Å². The summed E-state index contributed by atoms with van der Waals surface area (Å²) >= 11 is 0. The first-order chi connectivity index (χ1) is 8.97. The van der Waals surface area contributed by atoms with Crippen LogP contribution in [0.3, 0.4) is 0 Å². The first kappa shape index (κ1) is 19.4. The number of hydrogen-bond donors (Lipinski definition) is 1. The van der Waals surface area contributed by atoms with Crippen molar-refractivity contribution >= 4 is 27.4 Å². The maximum Gasteiger partial charge on any atom is 0.317 e. The van der Waals surface area contributed by atoms with Gasteiger partial charge in [0.05, 0.1) is 19.3 Å². The fourth-order valence-electron chi connectivity index (χ4n) is 0.798. The maximum absolute atomic E-state index is 10.9. The van der Waals surface area contributed by atoms with Crippen molar-refractivity contribution in [2.45, 2.75) is 25.8 Å². The minimum atomic E-state index is -0.829. The number of carbonyl (C=O) groups is 3. The summed E-state index contributed by atoms with van der Waals surface area (Å²) in [6, 6.07) is 0. The second kappa shape index (κ2) is 14.1. The Hall–Kier alpha value is -1.95. The molecule has 5 nitrogen and oxygen atoms in total. The highest BCUT2D eigenvalue weighted by Crippen LogP contribution is 1.92. The monoisotopic (exact) mass is 284 g/mol. The topological polar surface area (TPSA) is 80.7 Å². The van der Waals surface area contributed by atoms with Crippen molar-refractivity contribution in [2.75, 3.05) is 0 Å². The molecule has 106 valence electrons. The van der Waals surface area contributed by atoms with E-state index in [1.54, 1.807) is 6.08 Å². The number of esters is 2. The Labute approximate surface area is 115 Å². The van der Waals surface area contributed by atoms with Crippen LogP contribution in [0.1, 0.15) is 19.3 Å². The normalized spacial score (nSPS) is 9.74. The average Bonchev–Trinajstić information content (AvgIpc) is 2.30. The summed E-state index contributed by atoms with van der Waals surface area (Å²) in [5.41, 5.74) is 1.99. The van der Waals surface area contributed by atoms with Crippen LogP contribution in [-0.2, 0) is 19.1 Å². The minimum absolute atomic E-state index is 0.0556. The van der Waals surface area contributed by atoms with E-state index < -0.39 is 17.9 Å². The van der Waals surface area contributed by atoms with E-state index in [1.807, 2.05) is 5.70 Å². The van der Waals surface area contributed by atoms with E-state index in [0.29, 0.717) is 0 Å². The minimum Gasteiger partial charge on any atom is -0.481 e. The molecule has 0 amide bonds. The Morgan fingerprint density at radius 1 is 1.11 bits per heavy atom. The standard InChI is InChI=1S/C9H14O3Si.C4H6O2/c1-3-5-8(10)12-9(11)6-4-7-13-2;1-2-3-4(5)6/h3-4,7H,1,5-6,13H2,2H3;2H,1,3H2,(H,5,6). The van der Waals surface area contributed by atoms with E-state index in [9.17, 15) is 14.4 Å². The second-order valence-corrected chi connectivity index (χ2v) is 4.60. The van der Waals surface area contributed by atoms with Gasteiger partial charge < -0.3 is 9.84 Å². The fraction of sp³-hybridized carbons (Fsp3) is 0.308. The molecular formula is C13H20O5Si. The van der Waals surface area contributed by atoms with E-state index in [1.165, 1.54) is 12.2 Å². The van der Waals surface area contributed by atoms with E-state index in [2.05, 4.69) is 24.4 Å². The molecule has 0 radical (unpaired) electrons. The van der Waals surface area contributed by atoms with Crippen LogP contribution < -0.4 is 0 Å². The summed E-state index contributed by atoms with van der Waals surface area (Å²) in [4.78, 5) is 31.2. The van der Waals surface area contributed by atoms with Crippen molar-refractivity contribution in [2.24, 2.45) is 0 Å². The van der Waals surface area contributed by atoms with E-state index in [-0.39, 0.29) is 28.8 Å². The van der Waals surface area contributed by atoms with Gasteiger partial charge in [0, 0.05) is 9.52 Å². The summed E-state index contributed by atoms with van der Waals surface area (Å²) in [7, 11) is -0.155. The molecule has 1 N–H and O–H groups in total. The third-order valence-electron chi connectivity index (χ3n) is 1.54. The van der Waals surface area contributed by atoms with Gasteiger partial charge in [0.2, 0.25) is 0 Å². The molecule has 6 heteroatoms. The molecule has 0 aromatic rings. The lowest BCUT2D eigenvalue weighted by Crippen LogP contribution is -2.10. The number of aliphatic carboxylic acids is 1. The highest BCUT2D eigenvalue weighted by Gasteiger charge is 2.05. The van der Waals surface area contributed by atoms with E-state index in [4.69, 9.17) is 5.11 Å². The van der Waals surface area contributed by atoms with Crippen molar-refractivity contribution in [3.8, 4) is 0 Å². The Kier molecular flexibility index (Phi) is 14.4. The summed E-state index contributed by atoms with van der Waals surface area (Å²) in [5.74, 6) is -1.86. The Morgan fingerprint density at radius 2 is 1.63 bits per heavy atom. The van der Waals surface area contributed by atoms with E-state index in [0.717, 1.165) is 0 Å². The summed E-state index contributed by atoms with van der Waals surface area (Å²) in [6.45, 7) is 8.68. The van der Waals surface area contributed by atoms with Crippen molar-refractivity contribution < 1.29 is 24.2 Å². The highest BCUT2D eigenvalue weighted by molar-refractivity contribution is 6.40. The molecule has 0 atom stereocenters. The van der Waals surface area contributed by atoms with Gasteiger partial charge in [-0.2, -0.15) is 0 Å². The van der Waals surface area contributed by atoms with Crippen LogP contribution in [0.5, 0.6) is 0 Å². The molecule has 0 saturated heterocycles. The van der Waals surface area contributed by atoms with Crippen LogP contribution in [0.15, 0.2) is 37.1 Å². The van der Waals surface area contributed by atoms with Crippen molar-refractivity contribution in [1.29, 1.82) is 0 Å². The molecule has 0 rings (SSSR count). The Balaban J connectivity index is 0. The lowest BCUT2D eigenvalue weighted by molar-refractivity contribution is -0.158. The number of rotatable bonds is 7. The molecule has 0 spiro atoms. The van der Waals surface area contributed by atoms with Crippen LogP contribution in [0.25, 0.3) is 0 Å². The van der Waals surface area contributed by atoms with Gasteiger partial charge in [0.25, 0.3) is 0 Å². The van der Waals surface area contributed by atoms with Crippen LogP contribution in [0, 0.1) is 0 Å². The third kappa shape index (κ3) is 18.6. The van der Waals surface area contributed by atoms with Gasteiger partial charge in [-0.25, -0.2) is 0 Å². The molecule has 0 unspecified atom stereocenters. The molecule has 0 aromatic heterocycles. The third-order valence-corrected chi connectivity index (χ3v) is 2.35. The zero-order chi connectivity index (χ0) is 15.1. The summed E-state index contributed by atoms with van der Waals surface area (Å²) < 4.78 is 4.45. The smallest absolute Gasteiger partial charge is 0.317 e. The molecule has 0 fully saturated rings. The fourth-order valence-corrected chi connectivity index (χ4v) is 1.30. The number of carbonyl (C=O) groups excluding carboxylic acids is 2. The largest absolute Gasteiger partial charge is 0.481 e. The van der Waals surface area contributed by atoms with Crippen LogP contribution in [-0.4, -0.2) is 32.5 Å². The highest BCUT2D eigenvalue weighted by atomic mass is 28.2. The van der Waals surface area contributed by atoms with Crippen molar-refractivity contribution in [1.82, 2.24) is 0 Å². The predicted octanol–water partition coefficient (Wildman–Crippen LogP) is 1.40. The lowest BCUT2D eigenvalue weighted by Gasteiger charge is -1.97. The van der Waals surface area contributed by atoms with Gasteiger partial charge in [0.1, 0.15) is 0 Å². The first-order valence-electron chi connectivity index (χ1n) is 5.79. The molecule has 0 bridgehead atoms. The Bertz CT molecular complexity index is 347. The maximum atomic E-state index is 10.9. The van der Waals surface area contributed by atoms with Crippen LogP contribution in [0.2, 0.25) is 6.55 Å². The van der Waals surface area contributed by atoms with Gasteiger partial charge in [0.15, 0.2) is 0 Å². The Morgan fingerprint density at radius 3 is 2.00 bits per heavy atom. The molecule has 0 heterocycles. The quantitative estimate of drug-likeness (QED) is 0.331. The number of ether oxygens (including phenoxy) is 1. The number of carboxylic acid groups (broad SMARTS) is 1. The van der Waals surface area contributed by atoms with Crippen molar-refractivity contribution in [3.63, 3.8) is 0 Å². The zero-order valence-electron chi connectivity index (χ0n) is 11.1. The molecule has 0 aliphatic carbocycles. The molecule has 19 heavy (non-hydrogen) atoms.